The molecule has 0 saturated heterocycles. The molecule has 1 rings (SSSR count). The minimum absolute atomic E-state index is 0.0472. The molecule has 0 saturated carbocycles. The van der Waals surface area contributed by atoms with Crippen molar-refractivity contribution < 1.29 is 8.42 Å². The van der Waals surface area contributed by atoms with Gasteiger partial charge in [0, 0.05) is 19.1 Å². The molecular formula is C14H23ClN2O2S. The predicted octanol–water partition coefficient (Wildman–Crippen LogP) is 2.87. The van der Waals surface area contributed by atoms with Crippen LogP contribution in [0.1, 0.15) is 32.8 Å². The van der Waals surface area contributed by atoms with E-state index in [0.29, 0.717) is 13.1 Å². The topological polar surface area (TPSA) is 49.4 Å². The largest absolute Gasteiger partial charge is 0.316 e. The van der Waals surface area contributed by atoms with E-state index in [9.17, 15) is 8.42 Å². The number of benzene rings is 1. The van der Waals surface area contributed by atoms with Gasteiger partial charge in [0.2, 0.25) is 10.0 Å². The highest BCUT2D eigenvalue weighted by molar-refractivity contribution is 7.89. The van der Waals surface area contributed by atoms with E-state index in [1.807, 2.05) is 33.9 Å². The van der Waals surface area contributed by atoms with Crippen LogP contribution in [0.2, 0.25) is 5.02 Å². The van der Waals surface area contributed by atoms with Crippen molar-refractivity contribution in [2.24, 2.45) is 0 Å². The summed E-state index contributed by atoms with van der Waals surface area (Å²) in [6.45, 7) is 6.77. The predicted molar refractivity (Wildman–Crippen MR) is 83.5 cm³/mol. The van der Waals surface area contributed by atoms with Crippen molar-refractivity contribution in [1.82, 2.24) is 9.62 Å². The van der Waals surface area contributed by atoms with Crippen molar-refractivity contribution in [1.29, 1.82) is 0 Å². The molecule has 0 aliphatic rings. The number of halogens is 1. The highest BCUT2D eigenvalue weighted by Crippen LogP contribution is 2.27. The standard InChI is InChI=1S/C14H23ClN2O2S/c1-5-11(3)17(6-2)20(18,19)14-9-12(10-16-4)7-8-13(14)15/h7-9,11,16H,5-6,10H2,1-4H3. The quantitative estimate of drug-likeness (QED) is 0.841. The first-order valence-electron chi connectivity index (χ1n) is 6.83. The van der Waals surface area contributed by atoms with Crippen molar-refractivity contribution in [3.63, 3.8) is 0 Å². The van der Waals surface area contributed by atoms with E-state index >= 15 is 0 Å². The Bertz CT molecular complexity index is 546. The minimum Gasteiger partial charge on any atom is -0.316 e. The molecule has 0 bridgehead atoms. The molecular weight excluding hydrogens is 296 g/mol. The number of nitrogens with zero attached hydrogens (tertiary/aromatic N) is 1. The van der Waals surface area contributed by atoms with Gasteiger partial charge in [-0.15, -0.1) is 0 Å². The second kappa shape index (κ2) is 7.41. The lowest BCUT2D eigenvalue weighted by atomic mass is 10.2. The van der Waals surface area contributed by atoms with Crippen LogP contribution in [0.15, 0.2) is 23.1 Å². The lowest BCUT2D eigenvalue weighted by molar-refractivity contribution is 0.342. The smallest absolute Gasteiger partial charge is 0.244 e. The lowest BCUT2D eigenvalue weighted by Gasteiger charge is -2.27. The summed E-state index contributed by atoms with van der Waals surface area (Å²) in [5.74, 6) is 0. The third kappa shape index (κ3) is 3.73. The summed E-state index contributed by atoms with van der Waals surface area (Å²) in [7, 11) is -1.74. The molecule has 0 radical (unpaired) electrons. The summed E-state index contributed by atoms with van der Waals surface area (Å²) in [6, 6.07) is 5.08. The molecule has 6 heteroatoms. The zero-order valence-corrected chi connectivity index (χ0v) is 14.1. The van der Waals surface area contributed by atoms with Gasteiger partial charge in [-0.1, -0.05) is 31.5 Å². The second-order valence-electron chi connectivity index (χ2n) is 4.76. The third-order valence-electron chi connectivity index (χ3n) is 3.36. The Kier molecular flexibility index (Phi) is 6.45. The zero-order valence-electron chi connectivity index (χ0n) is 12.5. The first kappa shape index (κ1) is 17.4. The van der Waals surface area contributed by atoms with Crippen molar-refractivity contribution in [2.45, 2.75) is 44.7 Å². The average molecular weight is 319 g/mol. The van der Waals surface area contributed by atoms with Crippen LogP contribution < -0.4 is 5.32 Å². The van der Waals surface area contributed by atoms with Crippen LogP contribution in [0, 0.1) is 0 Å². The Morgan fingerprint density at radius 1 is 1.35 bits per heavy atom. The Morgan fingerprint density at radius 3 is 2.50 bits per heavy atom. The first-order chi connectivity index (χ1) is 9.38. The van der Waals surface area contributed by atoms with E-state index < -0.39 is 10.0 Å². The molecule has 1 unspecified atom stereocenters. The SMILES string of the molecule is CCC(C)N(CC)S(=O)(=O)c1cc(CNC)ccc1Cl. The summed E-state index contributed by atoms with van der Waals surface area (Å²) in [6.07, 6.45) is 0.765. The highest BCUT2D eigenvalue weighted by Gasteiger charge is 2.28. The molecule has 0 aromatic heterocycles. The zero-order chi connectivity index (χ0) is 15.3. The number of nitrogens with one attached hydrogen (secondary N) is 1. The Morgan fingerprint density at radius 2 is 2.00 bits per heavy atom. The van der Waals surface area contributed by atoms with Crippen LogP contribution in [-0.2, 0) is 16.6 Å². The molecule has 0 heterocycles. The van der Waals surface area contributed by atoms with Crippen LogP contribution in [0.25, 0.3) is 0 Å². The van der Waals surface area contributed by atoms with Crippen molar-refractivity contribution >= 4 is 21.6 Å². The lowest BCUT2D eigenvalue weighted by Crippen LogP contribution is -2.38. The molecule has 1 aromatic carbocycles. The normalized spacial score (nSPS) is 13.7. The number of hydrogen-bond acceptors (Lipinski definition) is 3. The minimum atomic E-state index is -3.56. The van der Waals surface area contributed by atoms with Crippen LogP contribution in [0.4, 0.5) is 0 Å². The van der Waals surface area contributed by atoms with E-state index in [1.54, 1.807) is 12.1 Å². The molecule has 4 nitrogen and oxygen atoms in total. The van der Waals surface area contributed by atoms with Crippen LogP contribution >= 0.6 is 11.6 Å². The van der Waals surface area contributed by atoms with E-state index in [0.717, 1.165) is 12.0 Å². The van der Waals surface area contributed by atoms with Gasteiger partial charge < -0.3 is 5.32 Å². The summed E-state index contributed by atoms with van der Waals surface area (Å²) in [5.41, 5.74) is 0.899. The molecule has 0 spiro atoms. The summed E-state index contributed by atoms with van der Waals surface area (Å²) in [4.78, 5) is 0.189. The number of sulfonamides is 1. The summed E-state index contributed by atoms with van der Waals surface area (Å²) >= 11 is 6.10. The molecule has 1 N–H and O–H groups in total. The third-order valence-corrected chi connectivity index (χ3v) is 5.93. The van der Waals surface area contributed by atoms with Gasteiger partial charge in [-0.2, -0.15) is 4.31 Å². The molecule has 0 amide bonds. The second-order valence-corrected chi connectivity index (χ2v) is 7.03. The Labute approximate surface area is 127 Å². The Hall–Kier alpha value is -0.620. The van der Waals surface area contributed by atoms with Gasteiger partial charge in [0.15, 0.2) is 0 Å². The Balaban J connectivity index is 3.29. The summed E-state index contributed by atoms with van der Waals surface area (Å²) in [5, 5.41) is 3.28. The fraction of sp³-hybridized carbons (Fsp3) is 0.571. The number of hydrogen-bond donors (Lipinski definition) is 1. The monoisotopic (exact) mass is 318 g/mol. The van der Waals surface area contributed by atoms with Gasteiger partial charge in [-0.05, 0) is 38.1 Å². The van der Waals surface area contributed by atoms with Gasteiger partial charge in [0.1, 0.15) is 4.90 Å². The van der Waals surface area contributed by atoms with Crippen LogP contribution in [0.3, 0.4) is 0 Å². The van der Waals surface area contributed by atoms with E-state index in [1.165, 1.54) is 4.31 Å². The fourth-order valence-corrected chi connectivity index (χ4v) is 4.35. The summed E-state index contributed by atoms with van der Waals surface area (Å²) < 4.78 is 27.0. The maximum Gasteiger partial charge on any atom is 0.244 e. The van der Waals surface area contributed by atoms with Gasteiger partial charge in [-0.3, -0.25) is 0 Å². The van der Waals surface area contributed by atoms with Crippen molar-refractivity contribution in [3.8, 4) is 0 Å². The fourth-order valence-electron chi connectivity index (χ4n) is 2.11. The van der Waals surface area contributed by atoms with E-state index in [2.05, 4.69) is 5.32 Å². The van der Waals surface area contributed by atoms with Gasteiger partial charge in [-0.25, -0.2) is 8.42 Å². The van der Waals surface area contributed by atoms with Crippen LogP contribution in [0.5, 0.6) is 0 Å². The molecule has 0 fully saturated rings. The van der Waals surface area contributed by atoms with Crippen LogP contribution in [-0.4, -0.2) is 32.4 Å². The van der Waals surface area contributed by atoms with Crippen molar-refractivity contribution in [3.05, 3.63) is 28.8 Å². The molecule has 0 aliphatic heterocycles. The van der Waals surface area contributed by atoms with Gasteiger partial charge in [0.05, 0.1) is 5.02 Å². The van der Waals surface area contributed by atoms with Gasteiger partial charge in [0.25, 0.3) is 0 Å². The maximum absolute atomic E-state index is 12.8. The molecule has 114 valence electrons. The molecule has 1 aromatic rings. The average Bonchev–Trinajstić information content (AvgIpc) is 2.41. The maximum atomic E-state index is 12.8. The van der Waals surface area contributed by atoms with Crippen molar-refractivity contribution in [2.75, 3.05) is 13.6 Å². The number of rotatable bonds is 7. The molecule has 0 aliphatic carbocycles. The molecule has 20 heavy (non-hydrogen) atoms. The van der Waals surface area contributed by atoms with E-state index in [4.69, 9.17) is 11.6 Å². The first-order valence-corrected chi connectivity index (χ1v) is 8.65. The van der Waals surface area contributed by atoms with E-state index in [-0.39, 0.29) is 16.0 Å². The molecule has 1 atom stereocenters. The van der Waals surface area contributed by atoms with Gasteiger partial charge >= 0.3 is 0 Å². The highest BCUT2D eigenvalue weighted by atomic mass is 35.5.